The second-order valence-corrected chi connectivity index (χ2v) is 8.00. The van der Waals surface area contributed by atoms with Gasteiger partial charge in [0.25, 0.3) is 0 Å². The molecule has 0 bridgehead atoms. The Labute approximate surface area is 138 Å². The van der Waals surface area contributed by atoms with Gasteiger partial charge in [0.15, 0.2) is 0 Å². The highest BCUT2D eigenvalue weighted by Crippen LogP contribution is 2.33. The first-order chi connectivity index (χ1) is 11.0. The van der Waals surface area contributed by atoms with Crippen LogP contribution in [0.2, 0.25) is 0 Å². The largest absolute Gasteiger partial charge is 0.292 e. The summed E-state index contributed by atoms with van der Waals surface area (Å²) in [6.45, 7) is 2.32. The molecule has 1 aliphatic rings. The molecule has 122 valence electrons. The SMILES string of the molecule is CS(=O)(=O)NCC1CN(C(c2ccccc2)c2ccccc2)C1. The minimum absolute atomic E-state index is 0.229. The summed E-state index contributed by atoms with van der Waals surface area (Å²) < 4.78 is 25.0. The average molecular weight is 330 g/mol. The van der Waals surface area contributed by atoms with Crippen molar-refractivity contribution >= 4 is 10.0 Å². The van der Waals surface area contributed by atoms with Gasteiger partial charge in [-0.2, -0.15) is 0 Å². The van der Waals surface area contributed by atoms with E-state index in [1.807, 2.05) is 12.1 Å². The number of benzene rings is 2. The van der Waals surface area contributed by atoms with Gasteiger partial charge < -0.3 is 0 Å². The van der Waals surface area contributed by atoms with Crippen molar-refractivity contribution < 1.29 is 8.42 Å². The zero-order chi connectivity index (χ0) is 16.3. The first-order valence-corrected chi connectivity index (χ1v) is 9.70. The van der Waals surface area contributed by atoms with E-state index in [0.717, 1.165) is 13.1 Å². The highest BCUT2D eigenvalue weighted by molar-refractivity contribution is 7.88. The van der Waals surface area contributed by atoms with Crippen molar-refractivity contribution in [2.45, 2.75) is 6.04 Å². The normalized spacial score (nSPS) is 16.4. The maximum atomic E-state index is 11.2. The Kier molecular flexibility index (Phi) is 4.80. The maximum Gasteiger partial charge on any atom is 0.208 e. The van der Waals surface area contributed by atoms with Crippen molar-refractivity contribution in [2.75, 3.05) is 25.9 Å². The highest BCUT2D eigenvalue weighted by atomic mass is 32.2. The predicted octanol–water partition coefficient (Wildman–Crippen LogP) is 2.26. The van der Waals surface area contributed by atoms with Crippen molar-refractivity contribution in [3.63, 3.8) is 0 Å². The van der Waals surface area contributed by atoms with Gasteiger partial charge in [0.2, 0.25) is 10.0 Å². The van der Waals surface area contributed by atoms with Gasteiger partial charge in [-0.15, -0.1) is 0 Å². The molecule has 3 rings (SSSR count). The summed E-state index contributed by atoms with van der Waals surface area (Å²) >= 11 is 0. The lowest BCUT2D eigenvalue weighted by Crippen LogP contribution is -2.52. The number of nitrogens with one attached hydrogen (secondary N) is 1. The molecule has 1 heterocycles. The second-order valence-electron chi connectivity index (χ2n) is 6.16. The van der Waals surface area contributed by atoms with E-state index < -0.39 is 10.0 Å². The maximum absolute atomic E-state index is 11.2. The fourth-order valence-electron chi connectivity index (χ4n) is 3.10. The molecular formula is C18H22N2O2S. The lowest BCUT2D eigenvalue weighted by atomic mass is 9.90. The van der Waals surface area contributed by atoms with Gasteiger partial charge in [0.1, 0.15) is 0 Å². The number of rotatable bonds is 6. The third kappa shape index (κ3) is 4.19. The molecule has 1 N–H and O–H groups in total. The summed E-state index contributed by atoms with van der Waals surface area (Å²) in [5.74, 6) is 0.375. The monoisotopic (exact) mass is 330 g/mol. The van der Waals surface area contributed by atoms with Gasteiger partial charge >= 0.3 is 0 Å². The molecule has 2 aromatic carbocycles. The average Bonchev–Trinajstić information content (AvgIpc) is 2.50. The lowest BCUT2D eigenvalue weighted by molar-refractivity contribution is 0.0716. The van der Waals surface area contributed by atoms with Crippen molar-refractivity contribution in [1.29, 1.82) is 0 Å². The fraction of sp³-hybridized carbons (Fsp3) is 0.333. The fourth-order valence-corrected chi connectivity index (χ4v) is 3.64. The van der Waals surface area contributed by atoms with Crippen LogP contribution in [0.3, 0.4) is 0 Å². The van der Waals surface area contributed by atoms with Crippen LogP contribution in [0.4, 0.5) is 0 Å². The van der Waals surface area contributed by atoms with E-state index in [2.05, 4.69) is 58.2 Å². The van der Waals surface area contributed by atoms with Crippen molar-refractivity contribution in [3.8, 4) is 0 Å². The zero-order valence-electron chi connectivity index (χ0n) is 13.2. The van der Waals surface area contributed by atoms with E-state index in [0.29, 0.717) is 12.5 Å². The van der Waals surface area contributed by atoms with E-state index in [9.17, 15) is 8.42 Å². The second kappa shape index (κ2) is 6.83. The molecule has 23 heavy (non-hydrogen) atoms. The standard InChI is InChI=1S/C18H22N2O2S/c1-23(21,22)19-12-15-13-20(14-15)18(16-8-4-2-5-9-16)17-10-6-3-7-11-17/h2-11,15,18-19H,12-14H2,1H3. The summed E-state index contributed by atoms with van der Waals surface area (Å²) in [6.07, 6.45) is 1.21. The van der Waals surface area contributed by atoms with Crippen LogP contribution in [-0.2, 0) is 10.0 Å². The Morgan fingerprint density at radius 1 is 1.00 bits per heavy atom. The first kappa shape index (κ1) is 16.2. The quantitative estimate of drug-likeness (QED) is 0.884. The molecule has 5 heteroatoms. The van der Waals surface area contributed by atoms with Crippen LogP contribution >= 0.6 is 0 Å². The summed E-state index contributed by atoms with van der Waals surface area (Å²) in [4.78, 5) is 2.40. The Hall–Kier alpha value is -1.69. The molecule has 0 aromatic heterocycles. The summed E-state index contributed by atoms with van der Waals surface area (Å²) in [6, 6.07) is 21.1. The van der Waals surface area contributed by atoms with Crippen LogP contribution in [0.25, 0.3) is 0 Å². The van der Waals surface area contributed by atoms with E-state index in [1.165, 1.54) is 17.4 Å². The van der Waals surface area contributed by atoms with Crippen LogP contribution in [-0.4, -0.2) is 39.2 Å². The molecule has 4 nitrogen and oxygen atoms in total. The molecule has 0 atom stereocenters. The molecule has 0 unspecified atom stereocenters. The number of nitrogens with zero attached hydrogens (tertiary/aromatic N) is 1. The molecular weight excluding hydrogens is 308 g/mol. The summed E-state index contributed by atoms with van der Waals surface area (Å²) in [5, 5.41) is 0. The van der Waals surface area contributed by atoms with E-state index in [1.54, 1.807) is 0 Å². The number of hydrogen-bond acceptors (Lipinski definition) is 3. The van der Waals surface area contributed by atoms with E-state index in [4.69, 9.17) is 0 Å². The molecule has 1 saturated heterocycles. The molecule has 0 spiro atoms. The number of hydrogen-bond donors (Lipinski definition) is 1. The third-order valence-electron chi connectivity index (χ3n) is 4.22. The lowest BCUT2D eigenvalue weighted by Gasteiger charge is -2.45. The van der Waals surface area contributed by atoms with Gasteiger partial charge in [0, 0.05) is 19.6 Å². The van der Waals surface area contributed by atoms with E-state index >= 15 is 0 Å². The zero-order valence-corrected chi connectivity index (χ0v) is 14.0. The molecule has 0 radical (unpaired) electrons. The molecule has 2 aromatic rings. The third-order valence-corrected chi connectivity index (χ3v) is 4.91. The molecule has 0 amide bonds. The van der Waals surface area contributed by atoms with Crippen molar-refractivity contribution in [3.05, 3.63) is 71.8 Å². The summed E-state index contributed by atoms with van der Waals surface area (Å²) in [7, 11) is -3.11. The van der Waals surface area contributed by atoms with Crippen LogP contribution < -0.4 is 4.72 Å². The Morgan fingerprint density at radius 3 is 1.91 bits per heavy atom. The van der Waals surface area contributed by atoms with Gasteiger partial charge in [-0.05, 0) is 17.0 Å². The minimum atomic E-state index is -3.11. The Morgan fingerprint density at radius 2 is 1.48 bits per heavy atom. The Balaban J connectivity index is 1.72. The first-order valence-electron chi connectivity index (χ1n) is 7.81. The summed E-state index contributed by atoms with van der Waals surface area (Å²) in [5.41, 5.74) is 2.54. The highest BCUT2D eigenvalue weighted by Gasteiger charge is 2.34. The Bertz CT molecular complexity index is 687. The molecule has 0 aliphatic carbocycles. The van der Waals surface area contributed by atoms with Crippen molar-refractivity contribution in [1.82, 2.24) is 9.62 Å². The molecule has 1 fully saturated rings. The number of sulfonamides is 1. The topological polar surface area (TPSA) is 49.4 Å². The van der Waals surface area contributed by atoms with Gasteiger partial charge in [-0.25, -0.2) is 13.1 Å². The van der Waals surface area contributed by atoms with Gasteiger partial charge in [-0.1, -0.05) is 60.7 Å². The molecule has 0 saturated carbocycles. The molecule has 1 aliphatic heterocycles. The van der Waals surface area contributed by atoms with Crippen LogP contribution in [0.5, 0.6) is 0 Å². The van der Waals surface area contributed by atoms with Crippen molar-refractivity contribution in [2.24, 2.45) is 5.92 Å². The predicted molar refractivity (Wildman–Crippen MR) is 92.6 cm³/mol. The van der Waals surface area contributed by atoms with Gasteiger partial charge in [0.05, 0.1) is 12.3 Å². The van der Waals surface area contributed by atoms with E-state index in [-0.39, 0.29) is 6.04 Å². The van der Waals surface area contributed by atoms with Gasteiger partial charge in [-0.3, -0.25) is 4.90 Å². The van der Waals surface area contributed by atoms with Crippen LogP contribution in [0.15, 0.2) is 60.7 Å². The smallest absolute Gasteiger partial charge is 0.208 e. The van der Waals surface area contributed by atoms with Crippen LogP contribution in [0.1, 0.15) is 17.2 Å². The van der Waals surface area contributed by atoms with Crippen LogP contribution in [0, 0.1) is 5.92 Å². The number of likely N-dealkylation sites (tertiary alicyclic amines) is 1. The minimum Gasteiger partial charge on any atom is -0.292 e.